The van der Waals surface area contributed by atoms with Crippen molar-refractivity contribution in [2.75, 3.05) is 48.3 Å². The normalized spacial score (nSPS) is 13.5. The average Bonchev–Trinajstić information content (AvgIpc) is 2.80. The van der Waals surface area contributed by atoms with E-state index in [1.165, 1.54) is 0 Å². The molecule has 1 aromatic carbocycles. The Hall–Kier alpha value is -3.69. The lowest BCUT2D eigenvalue weighted by Crippen LogP contribution is -2.51. The maximum atomic E-state index is 12.5. The van der Waals surface area contributed by atoms with Crippen molar-refractivity contribution in [3.05, 3.63) is 42.4 Å². The summed E-state index contributed by atoms with van der Waals surface area (Å²) in [5, 5.41) is 8.10. The minimum atomic E-state index is -0.478. The van der Waals surface area contributed by atoms with Crippen LogP contribution in [0.3, 0.4) is 0 Å². The number of aromatic nitrogens is 2. The lowest BCUT2D eigenvalue weighted by atomic mass is 10.2. The minimum absolute atomic E-state index is 0.0950. The SMILES string of the molecule is CCC(=O)Nc1ccc(C)c(NC(=O)NCC(=O)N2CCN(c3cnccn3)CC2)c1. The van der Waals surface area contributed by atoms with Crippen LogP contribution in [0.1, 0.15) is 18.9 Å². The molecule has 2 aromatic rings. The average molecular weight is 425 g/mol. The molecule has 0 spiro atoms. The molecule has 3 N–H and O–H groups in total. The molecule has 1 aromatic heterocycles. The second kappa shape index (κ2) is 10.4. The van der Waals surface area contributed by atoms with Crippen LogP contribution < -0.4 is 20.9 Å². The van der Waals surface area contributed by atoms with Gasteiger partial charge in [0.25, 0.3) is 0 Å². The summed E-state index contributed by atoms with van der Waals surface area (Å²) in [4.78, 5) is 48.4. The summed E-state index contributed by atoms with van der Waals surface area (Å²) in [5.74, 6) is 0.540. The number of piperazine rings is 1. The standard InChI is InChI=1S/C21H27N7O3/c1-3-19(29)25-16-5-4-15(2)17(12-16)26-21(31)24-14-20(30)28-10-8-27(9-11-28)18-13-22-6-7-23-18/h4-7,12-13H,3,8-11,14H2,1-2H3,(H,25,29)(H2,24,26,31). The van der Waals surface area contributed by atoms with Crippen molar-refractivity contribution in [1.82, 2.24) is 20.2 Å². The maximum absolute atomic E-state index is 12.5. The van der Waals surface area contributed by atoms with E-state index in [1.54, 1.807) is 42.5 Å². The van der Waals surface area contributed by atoms with E-state index in [4.69, 9.17) is 0 Å². The number of hydrogen-bond acceptors (Lipinski definition) is 6. The number of aryl methyl sites for hydroxylation is 1. The Morgan fingerprint density at radius 3 is 2.52 bits per heavy atom. The summed E-state index contributed by atoms with van der Waals surface area (Å²) < 4.78 is 0. The molecule has 1 saturated heterocycles. The summed E-state index contributed by atoms with van der Waals surface area (Å²) in [6, 6.07) is 4.79. The molecule has 3 rings (SSSR count). The Bertz CT molecular complexity index is 928. The third-order valence-corrected chi connectivity index (χ3v) is 5.00. The molecule has 10 heteroatoms. The van der Waals surface area contributed by atoms with Crippen LogP contribution in [0, 0.1) is 6.92 Å². The van der Waals surface area contributed by atoms with Crippen LogP contribution in [-0.4, -0.2) is 65.4 Å². The predicted octanol–water partition coefficient (Wildman–Crippen LogP) is 1.60. The first-order valence-corrected chi connectivity index (χ1v) is 10.2. The number of nitrogens with zero attached hydrogens (tertiary/aromatic N) is 4. The van der Waals surface area contributed by atoms with Crippen LogP contribution in [0.2, 0.25) is 0 Å². The zero-order chi connectivity index (χ0) is 22.2. The van der Waals surface area contributed by atoms with Crippen LogP contribution in [0.4, 0.5) is 22.0 Å². The van der Waals surface area contributed by atoms with Crippen LogP contribution in [0.5, 0.6) is 0 Å². The van der Waals surface area contributed by atoms with E-state index in [0.29, 0.717) is 44.0 Å². The molecule has 0 unspecified atom stereocenters. The number of carbonyl (C=O) groups is 3. The number of rotatable bonds is 6. The maximum Gasteiger partial charge on any atom is 0.319 e. The van der Waals surface area contributed by atoms with Crippen molar-refractivity contribution in [1.29, 1.82) is 0 Å². The van der Waals surface area contributed by atoms with Crippen molar-refractivity contribution in [3.8, 4) is 0 Å². The Labute approximate surface area is 181 Å². The quantitative estimate of drug-likeness (QED) is 0.647. The third-order valence-electron chi connectivity index (χ3n) is 5.00. The minimum Gasteiger partial charge on any atom is -0.352 e. The molecule has 164 valence electrons. The molecular weight excluding hydrogens is 398 g/mol. The van der Waals surface area contributed by atoms with Gasteiger partial charge in [-0.3, -0.25) is 14.6 Å². The van der Waals surface area contributed by atoms with Crippen LogP contribution in [0.25, 0.3) is 0 Å². The van der Waals surface area contributed by atoms with Crippen molar-refractivity contribution in [2.45, 2.75) is 20.3 Å². The molecule has 0 bridgehead atoms. The van der Waals surface area contributed by atoms with Crippen molar-refractivity contribution >= 4 is 35.0 Å². The van der Waals surface area contributed by atoms with Gasteiger partial charge in [0.15, 0.2) is 0 Å². The fourth-order valence-corrected chi connectivity index (χ4v) is 3.16. The number of benzene rings is 1. The van der Waals surface area contributed by atoms with Gasteiger partial charge in [0.2, 0.25) is 11.8 Å². The Morgan fingerprint density at radius 2 is 1.84 bits per heavy atom. The largest absolute Gasteiger partial charge is 0.352 e. The van der Waals surface area contributed by atoms with Crippen LogP contribution in [-0.2, 0) is 9.59 Å². The summed E-state index contributed by atoms with van der Waals surface area (Å²) in [5.41, 5.74) is 2.01. The third kappa shape index (κ3) is 6.14. The van der Waals surface area contributed by atoms with Gasteiger partial charge in [0.05, 0.1) is 12.7 Å². The second-order valence-corrected chi connectivity index (χ2v) is 7.17. The fraction of sp³-hybridized carbons (Fsp3) is 0.381. The van der Waals surface area contributed by atoms with Gasteiger partial charge in [0, 0.05) is 56.4 Å². The summed E-state index contributed by atoms with van der Waals surface area (Å²) in [6.07, 6.45) is 5.34. The molecule has 2 heterocycles. The van der Waals surface area contributed by atoms with Gasteiger partial charge in [-0.05, 0) is 24.6 Å². The van der Waals surface area contributed by atoms with Gasteiger partial charge in [-0.25, -0.2) is 9.78 Å². The first-order chi connectivity index (χ1) is 15.0. The van der Waals surface area contributed by atoms with E-state index < -0.39 is 6.03 Å². The Balaban J connectivity index is 1.46. The molecule has 0 radical (unpaired) electrons. The Kier molecular flexibility index (Phi) is 7.36. The van der Waals surface area contributed by atoms with E-state index >= 15 is 0 Å². The molecule has 4 amide bonds. The van der Waals surface area contributed by atoms with Crippen molar-refractivity contribution < 1.29 is 14.4 Å². The molecule has 0 aliphatic carbocycles. The number of nitrogens with one attached hydrogen (secondary N) is 3. The highest BCUT2D eigenvalue weighted by molar-refractivity contribution is 5.95. The second-order valence-electron chi connectivity index (χ2n) is 7.17. The van der Waals surface area contributed by atoms with Gasteiger partial charge in [0.1, 0.15) is 5.82 Å². The summed E-state index contributed by atoms with van der Waals surface area (Å²) in [7, 11) is 0. The molecular formula is C21H27N7O3. The zero-order valence-corrected chi connectivity index (χ0v) is 17.7. The first kappa shape index (κ1) is 22.0. The predicted molar refractivity (Wildman–Crippen MR) is 118 cm³/mol. The number of anilines is 3. The lowest BCUT2D eigenvalue weighted by molar-refractivity contribution is -0.130. The fourth-order valence-electron chi connectivity index (χ4n) is 3.16. The first-order valence-electron chi connectivity index (χ1n) is 10.2. The molecule has 31 heavy (non-hydrogen) atoms. The van der Waals surface area contributed by atoms with E-state index in [9.17, 15) is 14.4 Å². The molecule has 1 fully saturated rings. The monoisotopic (exact) mass is 425 g/mol. The molecule has 1 aliphatic heterocycles. The number of urea groups is 1. The van der Waals surface area contributed by atoms with E-state index in [0.717, 1.165) is 11.4 Å². The van der Waals surface area contributed by atoms with Crippen molar-refractivity contribution in [3.63, 3.8) is 0 Å². The molecule has 1 aliphatic rings. The number of amides is 4. The zero-order valence-electron chi connectivity index (χ0n) is 17.7. The smallest absolute Gasteiger partial charge is 0.319 e. The van der Waals surface area contributed by atoms with Gasteiger partial charge in [-0.1, -0.05) is 13.0 Å². The van der Waals surface area contributed by atoms with Gasteiger partial charge in [-0.15, -0.1) is 0 Å². The van der Waals surface area contributed by atoms with Crippen LogP contribution in [0.15, 0.2) is 36.8 Å². The van der Waals surface area contributed by atoms with Gasteiger partial charge < -0.3 is 25.8 Å². The summed E-state index contributed by atoms with van der Waals surface area (Å²) >= 11 is 0. The molecule has 0 atom stereocenters. The van der Waals surface area contributed by atoms with Crippen molar-refractivity contribution in [2.24, 2.45) is 0 Å². The topological polar surface area (TPSA) is 120 Å². The van der Waals surface area contributed by atoms with Crippen LogP contribution >= 0.6 is 0 Å². The number of carbonyl (C=O) groups excluding carboxylic acids is 3. The number of hydrogen-bond donors (Lipinski definition) is 3. The van der Waals surface area contributed by atoms with E-state index in [2.05, 4.69) is 30.8 Å². The molecule has 0 saturated carbocycles. The highest BCUT2D eigenvalue weighted by atomic mass is 16.2. The highest BCUT2D eigenvalue weighted by Gasteiger charge is 2.22. The van der Waals surface area contributed by atoms with Gasteiger partial charge in [-0.2, -0.15) is 0 Å². The summed E-state index contributed by atoms with van der Waals surface area (Å²) in [6.45, 7) is 5.94. The van der Waals surface area contributed by atoms with Gasteiger partial charge >= 0.3 is 6.03 Å². The lowest BCUT2D eigenvalue weighted by Gasteiger charge is -2.35. The van der Waals surface area contributed by atoms with E-state index in [1.807, 2.05) is 13.0 Å². The Morgan fingerprint density at radius 1 is 1.06 bits per heavy atom. The highest BCUT2D eigenvalue weighted by Crippen LogP contribution is 2.20. The molecule has 10 nitrogen and oxygen atoms in total. The van der Waals surface area contributed by atoms with E-state index in [-0.39, 0.29) is 18.4 Å².